The van der Waals surface area contributed by atoms with Crippen LogP contribution in [-0.2, 0) is 5.75 Å². The molecule has 26 heavy (non-hydrogen) atoms. The Bertz CT molecular complexity index is 1080. The third kappa shape index (κ3) is 3.60. The zero-order chi connectivity index (χ0) is 18.1. The Morgan fingerprint density at radius 1 is 1.04 bits per heavy atom. The van der Waals surface area contributed by atoms with Crippen molar-refractivity contribution in [3.63, 3.8) is 0 Å². The van der Waals surface area contributed by atoms with Gasteiger partial charge in [0, 0.05) is 20.3 Å². The van der Waals surface area contributed by atoms with Crippen LogP contribution >= 0.6 is 50.9 Å². The molecule has 0 atom stereocenters. The van der Waals surface area contributed by atoms with E-state index in [0.717, 1.165) is 31.8 Å². The molecule has 0 aliphatic heterocycles. The van der Waals surface area contributed by atoms with E-state index in [1.165, 1.54) is 0 Å². The van der Waals surface area contributed by atoms with E-state index in [4.69, 9.17) is 23.2 Å². The number of nitrogens with zero attached hydrogens (tertiary/aromatic N) is 4. The molecule has 0 amide bonds. The van der Waals surface area contributed by atoms with Crippen LogP contribution in [0.5, 0.6) is 0 Å². The summed E-state index contributed by atoms with van der Waals surface area (Å²) < 4.78 is 2.83. The van der Waals surface area contributed by atoms with Crippen LogP contribution in [0.1, 0.15) is 5.56 Å². The first kappa shape index (κ1) is 17.8. The van der Waals surface area contributed by atoms with Crippen molar-refractivity contribution < 1.29 is 0 Å². The summed E-state index contributed by atoms with van der Waals surface area (Å²) in [5, 5.41) is 7.54. The summed E-state index contributed by atoms with van der Waals surface area (Å²) in [4.78, 5) is 8.82. The monoisotopic (exact) mass is 464 g/mol. The van der Waals surface area contributed by atoms with Crippen LogP contribution in [0.3, 0.4) is 0 Å². The molecule has 0 aliphatic carbocycles. The number of benzene rings is 2. The van der Waals surface area contributed by atoms with E-state index in [1.807, 2.05) is 41.1 Å². The summed E-state index contributed by atoms with van der Waals surface area (Å²) >= 11 is 17.3. The van der Waals surface area contributed by atoms with Gasteiger partial charge in [-0.15, -0.1) is 11.8 Å². The van der Waals surface area contributed by atoms with Crippen molar-refractivity contribution in [2.45, 2.75) is 10.8 Å². The van der Waals surface area contributed by atoms with Gasteiger partial charge in [0.15, 0.2) is 5.65 Å². The van der Waals surface area contributed by atoms with Gasteiger partial charge in [-0.05, 0) is 42.0 Å². The van der Waals surface area contributed by atoms with E-state index in [-0.39, 0.29) is 0 Å². The lowest BCUT2D eigenvalue weighted by Crippen LogP contribution is -1.97. The molecule has 0 unspecified atom stereocenters. The highest BCUT2D eigenvalue weighted by Gasteiger charge is 2.12. The minimum atomic E-state index is 0.629. The Kier molecular flexibility index (Phi) is 5.18. The number of hydrogen-bond acceptors (Lipinski definition) is 4. The lowest BCUT2D eigenvalue weighted by atomic mass is 10.2. The fourth-order valence-electron chi connectivity index (χ4n) is 2.49. The first-order valence-corrected chi connectivity index (χ1v) is 10.2. The number of thioether (sulfide) groups is 1. The second kappa shape index (κ2) is 7.56. The SMILES string of the molecule is Clc1ccc(CSc2ncnc3c2cnn3-c2ccc(Br)cc2)c(Cl)c1. The Balaban J connectivity index is 1.65. The van der Waals surface area contributed by atoms with Crippen molar-refractivity contribution >= 4 is 61.9 Å². The van der Waals surface area contributed by atoms with Gasteiger partial charge in [-0.25, -0.2) is 14.6 Å². The third-order valence-corrected chi connectivity index (χ3v) is 5.95. The maximum Gasteiger partial charge on any atom is 0.167 e. The number of rotatable bonds is 4. The quantitative estimate of drug-likeness (QED) is 0.266. The molecular weight excluding hydrogens is 455 g/mol. The first-order chi connectivity index (χ1) is 12.6. The van der Waals surface area contributed by atoms with Crippen LogP contribution in [0.4, 0.5) is 0 Å². The molecule has 0 bridgehead atoms. The Labute approximate surface area is 172 Å². The minimum Gasteiger partial charge on any atom is -0.229 e. The van der Waals surface area contributed by atoms with Crippen LogP contribution < -0.4 is 0 Å². The van der Waals surface area contributed by atoms with Crippen LogP contribution in [0.25, 0.3) is 16.7 Å². The molecule has 0 radical (unpaired) electrons. The average molecular weight is 466 g/mol. The topological polar surface area (TPSA) is 43.6 Å². The van der Waals surface area contributed by atoms with E-state index >= 15 is 0 Å². The van der Waals surface area contributed by atoms with Gasteiger partial charge in [0.1, 0.15) is 11.4 Å². The van der Waals surface area contributed by atoms with Gasteiger partial charge in [-0.2, -0.15) is 5.10 Å². The van der Waals surface area contributed by atoms with Crippen LogP contribution in [-0.4, -0.2) is 19.7 Å². The van der Waals surface area contributed by atoms with E-state index < -0.39 is 0 Å². The minimum absolute atomic E-state index is 0.629. The standard InChI is InChI=1S/C18H11BrCl2N4S/c19-12-2-5-14(6-3-12)25-17-15(8-24-25)18(23-10-22-17)26-9-11-1-4-13(20)7-16(11)21/h1-8,10H,9H2. The highest BCUT2D eigenvalue weighted by atomic mass is 79.9. The fourth-order valence-corrected chi connectivity index (χ4v) is 4.28. The van der Waals surface area contributed by atoms with Crippen molar-refractivity contribution in [2.75, 3.05) is 0 Å². The predicted molar refractivity (Wildman–Crippen MR) is 110 cm³/mol. The molecule has 4 rings (SSSR count). The molecule has 8 heteroatoms. The summed E-state index contributed by atoms with van der Waals surface area (Å²) in [6.07, 6.45) is 3.36. The smallest absolute Gasteiger partial charge is 0.167 e. The average Bonchev–Trinajstić information content (AvgIpc) is 3.06. The Morgan fingerprint density at radius 2 is 1.85 bits per heavy atom. The van der Waals surface area contributed by atoms with Crippen LogP contribution in [0, 0.1) is 0 Å². The van der Waals surface area contributed by atoms with Gasteiger partial charge in [0.05, 0.1) is 17.3 Å². The highest BCUT2D eigenvalue weighted by molar-refractivity contribution is 9.10. The summed E-state index contributed by atoms with van der Waals surface area (Å²) in [5.74, 6) is 0.686. The number of fused-ring (bicyclic) bond motifs is 1. The maximum atomic E-state index is 6.26. The molecule has 130 valence electrons. The number of halogens is 3. The molecule has 2 heterocycles. The lowest BCUT2D eigenvalue weighted by Gasteiger charge is -2.06. The molecule has 0 saturated carbocycles. The number of aromatic nitrogens is 4. The van der Waals surface area contributed by atoms with Crippen LogP contribution in [0.2, 0.25) is 10.0 Å². The van der Waals surface area contributed by atoms with Crippen molar-refractivity contribution in [2.24, 2.45) is 0 Å². The lowest BCUT2D eigenvalue weighted by molar-refractivity contribution is 0.893. The summed E-state index contributed by atoms with van der Waals surface area (Å²) in [6, 6.07) is 13.4. The molecule has 0 aliphatic rings. The Hall–Kier alpha value is -1.60. The van der Waals surface area contributed by atoms with Crippen molar-refractivity contribution in [1.82, 2.24) is 19.7 Å². The van der Waals surface area contributed by atoms with E-state index in [0.29, 0.717) is 15.8 Å². The third-order valence-electron chi connectivity index (χ3n) is 3.78. The molecule has 4 aromatic rings. The Morgan fingerprint density at radius 3 is 2.62 bits per heavy atom. The van der Waals surface area contributed by atoms with Gasteiger partial charge in [-0.1, -0.05) is 45.2 Å². The van der Waals surface area contributed by atoms with Gasteiger partial charge >= 0.3 is 0 Å². The zero-order valence-corrected chi connectivity index (χ0v) is 17.1. The summed E-state index contributed by atoms with van der Waals surface area (Å²) in [6.45, 7) is 0. The van der Waals surface area contributed by atoms with Crippen molar-refractivity contribution in [3.8, 4) is 5.69 Å². The highest BCUT2D eigenvalue weighted by Crippen LogP contribution is 2.31. The van der Waals surface area contributed by atoms with E-state index in [1.54, 1.807) is 30.4 Å². The van der Waals surface area contributed by atoms with E-state index in [9.17, 15) is 0 Å². The second-order valence-electron chi connectivity index (χ2n) is 5.47. The molecule has 2 aromatic heterocycles. The van der Waals surface area contributed by atoms with Gasteiger partial charge in [0.25, 0.3) is 0 Å². The zero-order valence-electron chi connectivity index (χ0n) is 13.2. The maximum absolute atomic E-state index is 6.26. The van der Waals surface area contributed by atoms with Gasteiger partial charge < -0.3 is 0 Å². The molecular formula is C18H11BrCl2N4S. The molecule has 4 nitrogen and oxygen atoms in total. The van der Waals surface area contributed by atoms with Crippen molar-refractivity contribution in [3.05, 3.63) is 75.1 Å². The normalized spacial score (nSPS) is 11.2. The summed E-state index contributed by atoms with van der Waals surface area (Å²) in [5.41, 5.74) is 2.72. The fraction of sp³-hybridized carbons (Fsp3) is 0.0556. The molecule has 0 spiro atoms. The number of hydrogen-bond donors (Lipinski definition) is 0. The van der Waals surface area contributed by atoms with Crippen LogP contribution in [0.15, 0.2) is 64.5 Å². The summed E-state index contributed by atoms with van der Waals surface area (Å²) in [7, 11) is 0. The molecule has 0 saturated heterocycles. The van der Waals surface area contributed by atoms with E-state index in [2.05, 4.69) is 31.0 Å². The largest absolute Gasteiger partial charge is 0.229 e. The predicted octanol–water partition coefficient (Wildman–Crippen LogP) is 6.18. The molecule has 2 aromatic carbocycles. The second-order valence-corrected chi connectivity index (χ2v) is 8.20. The first-order valence-electron chi connectivity index (χ1n) is 7.63. The molecule has 0 N–H and O–H groups in total. The van der Waals surface area contributed by atoms with Crippen molar-refractivity contribution in [1.29, 1.82) is 0 Å². The van der Waals surface area contributed by atoms with Gasteiger partial charge in [0.2, 0.25) is 0 Å². The molecule has 0 fully saturated rings. The van der Waals surface area contributed by atoms with Gasteiger partial charge in [-0.3, -0.25) is 0 Å².